The highest BCUT2D eigenvalue weighted by atomic mass is 35.5. The van der Waals surface area contributed by atoms with E-state index in [0.717, 1.165) is 25.4 Å². The van der Waals surface area contributed by atoms with E-state index in [1.165, 1.54) is 19.4 Å². The Morgan fingerprint density at radius 1 is 1.34 bits per heavy atom. The molecule has 0 aliphatic carbocycles. The predicted octanol–water partition coefficient (Wildman–Crippen LogP) is 3.32. The van der Waals surface area contributed by atoms with Gasteiger partial charge in [0, 0.05) is 24.8 Å². The Morgan fingerprint density at radius 2 is 2.24 bits per heavy atom. The van der Waals surface area contributed by atoms with Crippen LogP contribution >= 0.6 is 11.6 Å². The maximum atomic E-state index is 12.6. The van der Waals surface area contributed by atoms with Gasteiger partial charge in [-0.2, -0.15) is 4.68 Å². The summed E-state index contributed by atoms with van der Waals surface area (Å²) in [4.78, 5) is 19.4. The van der Waals surface area contributed by atoms with Crippen LogP contribution in [0, 0.1) is 5.92 Å². The summed E-state index contributed by atoms with van der Waals surface area (Å²) in [5.41, 5.74) is 2.39. The number of likely N-dealkylation sites (tertiary alicyclic amines) is 1. The van der Waals surface area contributed by atoms with E-state index in [2.05, 4.69) is 32.4 Å². The summed E-state index contributed by atoms with van der Waals surface area (Å²) in [6, 6.07) is 8.79. The van der Waals surface area contributed by atoms with Gasteiger partial charge in [0.2, 0.25) is 0 Å². The van der Waals surface area contributed by atoms with E-state index in [4.69, 9.17) is 11.6 Å². The number of nitrogens with one attached hydrogen (secondary N) is 1. The number of hydrogen-bond donors (Lipinski definition) is 1. The summed E-state index contributed by atoms with van der Waals surface area (Å²) in [5, 5.41) is 11.7. The van der Waals surface area contributed by atoms with Crippen LogP contribution in [-0.4, -0.2) is 57.0 Å². The molecule has 0 spiro atoms. The number of rotatable bonds is 6. The molecular weight excluding hydrogens is 388 g/mol. The molecule has 0 bridgehead atoms. The first-order valence-electron chi connectivity index (χ1n) is 10.1. The SMILES string of the molecule is C[C@@H]1CCCN(CCCNC(=O)c2ccc(Cl)c(-n3nnc4cccnc43)c2)C1. The number of amides is 1. The Kier molecular flexibility index (Phi) is 6.06. The van der Waals surface area contributed by atoms with E-state index in [1.54, 1.807) is 35.1 Å². The van der Waals surface area contributed by atoms with Crippen molar-refractivity contribution >= 4 is 28.7 Å². The fourth-order valence-corrected chi connectivity index (χ4v) is 4.04. The van der Waals surface area contributed by atoms with Crippen molar-refractivity contribution in [2.45, 2.75) is 26.2 Å². The van der Waals surface area contributed by atoms with Crippen LogP contribution in [0.25, 0.3) is 16.9 Å². The second kappa shape index (κ2) is 8.88. The Hall–Kier alpha value is -2.51. The molecule has 1 amide bonds. The molecule has 7 nitrogen and oxygen atoms in total. The van der Waals surface area contributed by atoms with Crippen LogP contribution in [-0.2, 0) is 0 Å². The van der Waals surface area contributed by atoms with E-state index < -0.39 is 0 Å². The number of halogens is 1. The number of pyridine rings is 1. The summed E-state index contributed by atoms with van der Waals surface area (Å²) in [6.45, 7) is 6.30. The minimum atomic E-state index is -0.118. The number of benzene rings is 1. The highest BCUT2D eigenvalue weighted by molar-refractivity contribution is 6.32. The summed E-state index contributed by atoms with van der Waals surface area (Å²) in [7, 11) is 0. The van der Waals surface area contributed by atoms with Gasteiger partial charge >= 0.3 is 0 Å². The Bertz CT molecular complexity index is 1000. The Morgan fingerprint density at radius 3 is 3.10 bits per heavy atom. The third-order valence-corrected chi connectivity index (χ3v) is 5.64. The van der Waals surface area contributed by atoms with Gasteiger partial charge in [0.1, 0.15) is 5.52 Å². The fourth-order valence-electron chi connectivity index (χ4n) is 3.84. The fraction of sp³-hybridized carbons (Fsp3) is 0.429. The van der Waals surface area contributed by atoms with Crippen molar-refractivity contribution in [3.05, 3.63) is 47.1 Å². The predicted molar refractivity (Wildman–Crippen MR) is 113 cm³/mol. The largest absolute Gasteiger partial charge is 0.352 e. The lowest BCUT2D eigenvalue weighted by atomic mass is 10.0. The van der Waals surface area contributed by atoms with Crippen LogP contribution in [0.4, 0.5) is 0 Å². The van der Waals surface area contributed by atoms with Gasteiger partial charge in [0.15, 0.2) is 5.65 Å². The Labute approximate surface area is 175 Å². The smallest absolute Gasteiger partial charge is 0.251 e. The van der Waals surface area contributed by atoms with Crippen molar-refractivity contribution in [1.82, 2.24) is 30.2 Å². The molecular formula is C21H25ClN6O. The minimum absolute atomic E-state index is 0.118. The second-order valence-electron chi connectivity index (χ2n) is 7.67. The first kappa shape index (κ1) is 19.8. The molecule has 152 valence electrons. The van der Waals surface area contributed by atoms with Crippen molar-refractivity contribution in [3.8, 4) is 5.69 Å². The van der Waals surface area contributed by atoms with Gasteiger partial charge in [-0.1, -0.05) is 23.7 Å². The van der Waals surface area contributed by atoms with E-state index in [-0.39, 0.29) is 5.91 Å². The van der Waals surface area contributed by atoms with Crippen LogP contribution in [0.5, 0.6) is 0 Å². The molecule has 1 saturated heterocycles. The topological polar surface area (TPSA) is 75.9 Å². The maximum absolute atomic E-state index is 12.6. The van der Waals surface area contributed by atoms with E-state index in [1.807, 2.05) is 6.07 Å². The van der Waals surface area contributed by atoms with Crippen LogP contribution in [0.2, 0.25) is 5.02 Å². The summed E-state index contributed by atoms with van der Waals surface area (Å²) < 4.78 is 1.56. The molecule has 4 rings (SSSR count). The van der Waals surface area contributed by atoms with Crippen molar-refractivity contribution in [2.75, 3.05) is 26.2 Å². The highest BCUT2D eigenvalue weighted by Gasteiger charge is 2.16. The van der Waals surface area contributed by atoms with Gasteiger partial charge in [-0.3, -0.25) is 4.79 Å². The molecule has 29 heavy (non-hydrogen) atoms. The van der Waals surface area contributed by atoms with E-state index in [9.17, 15) is 4.79 Å². The van der Waals surface area contributed by atoms with Crippen LogP contribution < -0.4 is 5.32 Å². The van der Waals surface area contributed by atoms with Crippen molar-refractivity contribution in [3.63, 3.8) is 0 Å². The molecule has 1 aliphatic heterocycles. The van der Waals surface area contributed by atoms with Gasteiger partial charge in [-0.05, 0) is 68.6 Å². The number of carbonyl (C=O) groups excluding carboxylic acids is 1. The zero-order valence-corrected chi connectivity index (χ0v) is 17.3. The van der Waals surface area contributed by atoms with Crippen molar-refractivity contribution in [2.24, 2.45) is 5.92 Å². The number of fused-ring (bicyclic) bond motifs is 1. The van der Waals surface area contributed by atoms with Crippen LogP contribution in [0.1, 0.15) is 36.5 Å². The number of hydrogen-bond acceptors (Lipinski definition) is 5. The molecule has 0 unspecified atom stereocenters. The number of piperidine rings is 1. The van der Waals surface area contributed by atoms with Gasteiger partial charge in [-0.15, -0.1) is 5.10 Å². The monoisotopic (exact) mass is 412 g/mol. The second-order valence-corrected chi connectivity index (χ2v) is 8.08. The van der Waals surface area contributed by atoms with Gasteiger partial charge in [0.25, 0.3) is 5.91 Å². The first-order valence-corrected chi connectivity index (χ1v) is 10.5. The summed E-state index contributed by atoms with van der Waals surface area (Å²) in [5.74, 6) is 0.653. The van der Waals surface area contributed by atoms with Gasteiger partial charge in [-0.25, -0.2) is 4.98 Å². The third-order valence-electron chi connectivity index (χ3n) is 5.32. The molecule has 1 atom stereocenters. The molecule has 3 aromatic rings. The highest BCUT2D eigenvalue weighted by Crippen LogP contribution is 2.24. The number of carbonyl (C=O) groups is 1. The van der Waals surface area contributed by atoms with Crippen LogP contribution in [0.3, 0.4) is 0 Å². The molecule has 0 saturated carbocycles. The van der Waals surface area contributed by atoms with Gasteiger partial charge < -0.3 is 10.2 Å². The lowest BCUT2D eigenvalue weighted by Gasteiger charge is -2.30. The molecule has 1 aromatic carbocycles. The lowest BCUT2D eigenvalue weighted by Crippen LogP contribution is -2.36. The summed E-state index contributed by atoms with van der Waals surface area (Å²) >= 11 is 6.36. The normalized spacial score (nSPS) is 17.5. The van der Waals surface area contributed by atoms with Crippen molar-refractivity contribution in [1.29, 1.82) is 0 Å². The molecule has 8 heteroatoms. The first-order chi connectivity index (χ1) is 14.1. The average molecular weight is 413 g/mol. The number of aromatic nitrogens is 4. The molecule has 0 radical (unpaired) electrons. The maximum Gasteiger partial charge on any atom is 0.251 e. The van der Waals surface area contributed by atoms with Crippen molar-refractivity contribution < 1.29 is 4.79 Å². The summed E-state index contributed by atoms with van der Waals surface area (Å²) in [6.07, 6.45) is 5.21. The average Bonchev–Trinajstić information content (AvgIpc) is 3.15. The molecule has 1 aliphatic rings. The molecule has 3 heterocycles. The standard InChI is InChI=1S/C21H25ClN6O/c1-15-5-3-11-27(14-15)12-4-10-24-21(29)16-7-8-17(22)19(13-16)28-20-18(25-26-28)6-2-9-23-20/h2,6-9,13,15H,3-5,10-12,14H2,1H3,(H,24,29)/t15-/m1/s1. The quantitative estimate of drug-likeness (QED) is 0.628. The van der Waals surface area contributed by atoms with Gasteiger partial charge in [0.05, 0.1) is 10.7 Å². The minimum Gasteiger partial charge on any atom is -0.352 e. The zero-order valence-electron chi connectivity index (χ0n) is 16.5. The lowest BCUT2D eigenvalue weighted by molar-refractivity contribution is 0.0950. The molecule has 1 fully saturated rings. The van der Waals surface area contributed by atoms with Crippen LogP contribution in [0.15, 0.2) is 36.5 Å². The molecule has 1 N–H and O–H groups in total. The van der Waals surface area contributed by atoms with E-state index >= 15 is 0 Å². The third kappa shape index (κ3) is 4.57. The zero-order chi connectivity index (χ0) is 20.2. The number of nitrogens with zero attached hydrogens (tertiary/aromatic N) is 5. The Balaban J connectivity index is 1.40. The molecule has 2 aromatic heterocycles. The van der Waals surface area contributed by atoms with E-state index in [0.29, 0.717) is 34.0 Å².